The zero-order valence-electron chi connectivity index (χ0n) is 15.5. The molecule has 0 aliphatic heterocycles. The summed E-state index contributed by atoms with van der Waals surface area (Å²) in [4.78, 5) is 12.2. The van der Waals surface area contributed by atoms with Crippen molar-refractivity contribution >= 4 is 5.78 Å². The van der Waals surface area contributed by atoms with E-state index in [1.54, 1.807) is 6.92 Å². The number of Topliss-reactive ketones (excluding diaryl/α,β-unsaturated/α-hetero) is 1. The van der Waals surface area contributed by atoms with Crippen molar-refractivity contribution in [3.8, 4) is 0 Å². The predicted molar refractivity (Wildman–Crippen MR) is 93.3 cm³/mol. The number of fused-ring (bicyclic) bond motifs is 5. The third-order valence-corrected chi connectivity index (χ3v) is 9.11. The van der Waals surface area contributed by atoms with Crippen molar-refractivity contribution in [2.45, 2.75) is 84.3 Å². The van der Waals surface area contributed by atoms with Crippen LogP contribution in [0, 0.1) is 40.4 Å². The van der Waals surface area contributed by atoms with Gasteiger partial charge in [0.15, 0.2) is 0 Å². The Balaban J connectivity index is 1.65. The van der Waals surface area contributed by atoms with Gasteiger partial charge in [-0.2, -0.15) is 0 Å². The normalized spacial score (nSPS) is 57.0. The molecule has 0 aromatic rings. The molecule has 136 valence electrons. The molecule has 3 heteroatoms. The predicted octanol–water partition coefficient (Wildman–Crippen LogP) is 3.57. The number of aliphatic hydroxyl groups is 2. The molecule has 0 unspecified atom stereocenters. The molecule has 4 rings (SSSR count). The fourth-order valence-corrected chi connectivity index (χ4v) is 7.93. The molecule has 3 nitrogen and oxygen atoms in total. The molecule has 24 heavy (non-hydrogen) atoms. The highest BCUT2D eigenvalue weighted by Crippen LogP contribution is 2.67. The first-order valence-corrected chi connectivity index (χ1v) is 10.1. The lowest BCUT2D eigenvalue weighted by Gasteiger charge is -2.61. The molecule has 4 aliphatic carbocycles. The van der Waals surface area contributed by atoms with E-state index in [-0.39, 0.29) is 29.3 Å². The van der Waals surface area contributed by atoms with Gasteiger partial charge in [0.25, 0.3) is 0 Å². The molecule has 0 aromatic heterocycles. The Morgan fingerprint density at radius 3 is 2.38 bits per heavy atom. The van der Waals surface area contributed by atoms with Crippen molar-refractivity contribution in [2.75, 3.05) is 0 Å². The van der Waals surface area contributed by atoms with Crippen LogP contribution in [0.15, 0.2) is 0 Å². The molecule has 4 fully saturated rings. The summed E-state index contributed by atoms with van der Waals surface area (Å²) in [7, 11) is 0. The van der Waals surface area contributed by atoms with Crippen LogP contribution in [-0.4, -0.2) is 28.2 Å². The Hall–Kier alpha value is -0.410. The molecule has 0 bridgehead atoms. The van der Waals surface area contributed by atoms with Gasteiger partial charge in [-0.25, -0.2) is 0 Å². The number of carbonyl (C=O) groups excluding carboxylic acids is 1. The third-order valence-electron chi connectivity index (χ3n) is 9.11. The SMILES string of the molecule is CC(=O)[C@H]1C[C@@H](O)[C@H]2[C@@H]3CC[C@@H]4C[C@H](O)CC[C@]4(C)[C@H]3CC[C@@]21C. The van der Waals surface area contributed by atoms with Crippen molar-refractivity contribution in [1.82, 2.24) is 0 Å². The van der Waals surface area contributed by atoms with Crippen molar-refractivity contribution < 1.29 is 15.0 Å². The van der Waals surface area contributed by atoms with Gasteiger partial charge in [-0.3, -0.25) is 4.79 Å². The molecule has 4 aliphatic rings. The maximum Gasteiger partial charge on any atom is 0.133 e. The molecule has 9 atom stereocenters. The van der Waals surface area contributed by atoms with Crippen LogP contribution in [0.3, 0.4) is 0 Å². The first-order chi connectivity index (χ1) is 11.3. The molecule has 4 saturated carbocycles. The first kappa shape index (κ1) is 17.0. The molecular formula is C21H34O3. The fourth-order valence-electron chi connectivity index (χ4n) is 7.93. The monoisotopic (exact) mass is 334 g/mol. The van der Waals surface area contributed by atoms with E-state index < -0.39 is 0 Å². The van der Waals surface area contributed by atoms with Crippen molar-refractivity contribution in [3.63, 3.8) is 0 Å². The fraction of sp³-hybridized carbons (Fsp3) is 0.952. The maximum atomic E-state index is 12.2. The van der Waals surface area contributed by atoms with E-state index in [0.717, 1.165) is 25.7 Å². The van der Waals surface area contributed by atoms with Crippen LogP contribution in [0.1, 0.15) is 72.1 Å². The van der Waals surface area contributed by atoms with E-state index in [9.17, 15) is 15.0 Å². The summed E-state index contributed by atoms with van der Waals surface area (Å²) in [5.74, 6) is 2.51. The molecule has 0 radical (unpaired) electrons. The van der Waals surface area contributed by atoms with Crippen LogP contribution >= 0.6 is 0 Å². The van der Waals surface area contributed by atoms with Crippen LogP contribution < -0.4 is 0 Å². The first-order valence-electron chi connectivity index (χ1n) is 10.1. The smallest absolute Gasteiger partial charge is 0.133 e. The minimum absolute atomic E-state index is 0.00376. The number of hydrogen-bond donors (Lipinski definition) is 2. The quantitative estimate of drug-likeness (QED) is 0.771. The van der Waals surface area contributed by atoms with Gasteiger partial charge in [-0.05, 0) is 92.8 Å². The highest BCUT2D eigenvalue weighted by molar-refractivity contribution is 5.79. The van der Waals surface area contributed by atoms with Gasteiger partial charge in [0.2, 0.25) is 0 Å². The number of carbonyl (C=O) groups is 1. The van der Waals surface area contributed by atoms with E-state index in [1.807, 2.05) is 0 Å². The Bertz CT molecular complexity index is 531. The van der Waals surface area contributed by atoms with E-state index >= 15 is 0 Å². The number of aliphatic hydroxyl groups excluding tert-OH is 2. The summed E-state index contributed by atoms with van der Waals surface area (Å²) in [5, 5.41) is 21.0. The van der Waals surface area contributed by atoms with E-state index in [4.69, 9.17) is 0 Å². The zero-order valence-corrected chi connectivity index (χ0v) is 15.5. The van der Waals surface area contributed by atoms with Gasteiger partial charge in [0.1, 0.15) is 5.78 Å². The number of ketones is 1. The van der Waals surface area contributed by atoms with Crippen molar-refractivity contribution in [1.29, 1.82) is 0 Å². The van der Waals surface area contributed by atoms with Crippen LogP contribution in [0.5, 0.6) is 0 Å². The molecule has 2 N–H and O–H groups in total. The number of hydrogen-bond acceptors (Lipinski definition) is 3. The van der Waals surface area contributed by atoms with Crippen LogP contribution in [0.2, 0.25) is 0 Å². The molecule has 0 aromatic carbocycles. The van der Waals surface area contributed by atoms with Gasteiger partial charge >= 0.3 is 0 Å². The lowest BCUT2D eigenvalue weighted by atomic mass is 9.44. The Morgan fingerprint density at radius 2 is 1.67 bits per heavy atom. The summed E-state index contributed by atoms with van der Waals surface area (Å²) in [6.07, 6.45) is 7.99. The van der Waals surface area contributed by atoms with Crippen LogP contribution in [0.25, 0.3) is 0 Å². The van der Waals surface area contributed by atoms with E-state index in [1.165, 1.54) is 19.3 Å². The highest BCUT2D eigenvalue weighted by atomic mass is 16.3. The van der Waals surface area contributed by atoms with E-state index in [2.05, 4.69) is 13.8 Å². The molecule has 0 saturated heterocycles. The molecule has 0 amide bonds. The third kappa shape index (κ3) is 2.19. The zero-order chi connectivity index (χ0) is 17.3. The average Bonchev–Trinajstić information content (AvgIpc) is 2.80. The van der Waals surface area contributed by atoms with Gasteiger partial charge in [-0.1, -0.05) is 13.8 Å². The van der Waals surface area contributed by atoms with Crippen LogP contribution in [0.4, 0.5) is 0 Å². The highest BCUT2D eigenvalue weighted by Gasteiger charge is 2.63. The van der Waals surface area contributed by atoms with Gasteiger partial charge in [0, 0.05) is 5.92 Å². The second kappa shape index (κ2) is 5.54. The van der Waals surface area contributed by atoms with E-state index in [0.29, 0.717) is 35.5 Å². The second-order valence-electron chi connectivity index (χ2n) is 10.0. The summed E-state index contributed by atoms with van der Waals surface area (Å²) < 4.78 is 0. The summed E-state index contributed by atoms with van der Waals surface area (Å²) in [6.45, 7) is 6.47. The van der Waals surface area contributed by atoms with Crippen molar-refractivity contribution in [2.24, 2.45) is 40.4 Å². The molecule has 0 heterocycles. The Kier molecular flexibility index (Phi) is 3.93. The molecular weight excluding hydrogens is 300 g/mol. The second-order valence-corrected chi connectivity index (χ2v) is 10.0. The summed E-state index contributed by atoms with van der Waals surface area (Å²) >= 11 is 0. The lowest BCUT2D eigenvalue weighted by Crippen LogP contribution is -2.55. The maximum absolute atomic E-state index is 12.2. The van der Waals surface area contributed by atoms with Gasteiger partial charge < -0.3 is 10.2 Å². The topological polar surface area (TPSA) is 57.5 Å². The Labute approximate surface area is 146 Å². The minimum atomic E-state index is -0.300. The minimum Gasteiger partial charge on any atom is -0.393 e. The number of rotatable bonds is 1. The van der Waals surface area contributed by atoms with Gasteiger partial charge in [0.05, 0.1) is 12.2 Å². The average molecular weight is 335 g/mol. The summed E-state index contributed by atoms with van der Waals surface area (Å²) in [6, 6.07) is 0. The lowest BCUT2D eigenvalue weighted by molar-refractivity contribution is -0.145. The van der Waals surface area contributed by atoms with Crippen LogP contribution in [-0.2, 0) is 4.79 Å². The summed E-state index contributed by atoms with van der Waals surface area (Å²) in [5.41, 5.74) is 0.335. The standard InChI is InChI=1S/C21H34O3/c1-12(22)17-11-18(24)19-15-5-4-13-10-14(23)6-8-20(13,2)16(15)7-9-21(17,19)3/h13-19,23-24H,4-11H2,1-3H3/t13-,14-,15-,16+,17-,18-,19-,20+,21-/m1/s1. The van der Waals surface area contributed by atoms with Gasteiger partial charge in [-0.15, -0.1) is 0 Å². The Morgan fingerprint density at radius 1 is 0.958 bits per heavy atom. The molecule has 0 spiro atoms. The largest absolute Gasteiger partial charge is 0.393 e. The van der Waals surface area contributed by atoms with Crippen molar-refractivity contribution in [3.05, 3.63) is 0 Å².